The molecule has 0 spiro atoms. The van der Waals surface area contributed by atoms with E-state index in [1.165, 1.54) is 11.9 Å². The van der Waals surface area contributed by atoms with Crippen LogP contribution >= 0.6 is 11.6 Å². The van der Waals surface area contributed by atoms with Crippen LogP contribution in [0.1, 0.15) is 56.5 Å². The highest BCUT2D eigenvalue weighted by Crippen LogP contribution is 2.32. The zero-order valence-electron chi connectivity index (χ0n) is 15.6. The van der Waals surface area contributed by atoms with Crippen LogP contribution in [0.4, 0.5) is 11.5 Å². The van der Waals surface area contributed by atoms with Crippen LogP contribution in [0.25, 0.3) is 0 Å². The highest BCUT2D eigenvalue weighted by Gasteiger charge is 2.20. The Morgan fingerprint density at radius 3 is 2.88 bits per heavy atom. The minimum atomic E-state index is 0.00877. The lowest BCUT2D eigenvalue weighted by molar-refractivity contribution is -0.116. The van der Waals surface area contributed by atoms with E-state index < -0.39 is 0 Å². The quantitative estimate of drug-likeness (QED) is 0.855. The molecule has 138 valence electrons. The molecule has 0 saturated carbocycles. The average Bonchev–Trinajstić information content (AvgIpc) is 2.85. The fourth-order valence-electron chi connectivity index (χ4n) is 3.39. The van der Waals surface area contributed by atoms with Gasteiger partial charge in [0, 0.05) is 19.2 Å². The van der Waals surface area contributed by atoms with Crippen molar-refractivity contribution in [3.8, 4) is 0 Å². The zero-order valence-corrected chi connectivity index (χ0v) is 16.3. The monoisotopic (exact) mass is 372 g/mol. The second-order valence-electron chi connectivity index (χ2n) is 6.72. The maximum absolute atomic E-state index is 12.1. The lowest BCUT2D eigenvalue weighted by Gasteiger charge is -2.24. The molecule has 26 heavy (non-hydrogen) atoms. The van der Waals surface area contributed by atoms with E-state index in [9.17, 15) is 4.79 Å². The lowest BCUT2D eigenvalue weighted by Crippen LogP contribution is -2.29. The van der Waals surface area contributed by atoms with Crippen molar-refractivity contribution in [1.29, 1.82) is 0 Å². The van der Waals surface area contributed by atoms with Gasteiger partial charge in [-0.25, -0.2) is 9.97 Å². The summed E-state index contributed by atoms with van der Waals surface area (Å²) in [6.07, 6.45) is 5.46. The number of carbonyl (C=O) groups excluding carboxylic acids is 1. The predicted octanol–water partition coefficient (Wildman–Crippen LogP) is 4.55. The third-order valence-corrected chi connectivity index (χ3v) is 5.31. The molecule has 1 atom stereocenters. The average molecular weight is 373 g/mol. The Bertz CT molecular complexity index is 808. The van der Waals surface area contributed by atoms with Crippen LogP contribution in [0.15, 0.2) is 24.5 Å². The van der Waals surface area contributed by atoms with Gasteiger partial charge in [-0.3, -0.25) is 4.79 Å². The van der Waals surface area contributed by atoms with Gasteiger partial charge in [0.2, 0.25) is 5.91 Å². The fourth-order valence-corrected chi connectivity index (χ4v) is 3.67. The predicted molar refractivity (Wildman–Crippen MR) is 106 cm³/mol. The molecule has 1 aliphatic heterocycles. The van der Waals surface area contributed by atoms with Gasteiger partial charge < -0.3 is 10.2 Å². The number of aryl methyl sites for hydroxylation is 2. The van der Waals surface area contributed by atoms with Crippen LogP contribution < -0.4 is 10.2 Å². The van der Waals surface area contributed by atoms with Crippen molar-refractivity contribution < 1.29 is 4.79 Å². The van der Waals surface area contributed by atoms with Gasteiger partial charge >= 0.3 is 0 Å². The first-order chi connectivity index (χ1) is 12.5. The summed E-state index contributed by atoms with van der Waals surface area (Å²) in [7, 11) is 0. The summed E-state index contributed by atoms with van der Waals surface area (Å²) < 4.78 is 0. The van der Waals surface area contributed by atoms with Gasteiger partial charge in [-0.1, -0.05) is 30.7 Å². The van der Waals surface area contributed by atoms with Crippen LogP contribution in [0.2, 0.25) is 5.02 Å². The zero-order chi connectivity index (χ0) is 18.7. The maximum Gasteiger partial charge on any atom is 0.223 e. The summed E-state index contributed by atoms with van der Waals surface area (Å²) >= 11 is 6.40. The van der Waals surface area contributed by atoms with E-state index in [0.717, 1.165) is 49.2 Å². The van der Waals surface area contributed by atoms with E-state index in [1.54, 1.807) is 6.92 Å². The van der Waals surface area contributed by atoms with E-state index in [1.807, 2.05) is 11.8 Å². The molecule has 0 aliphatic carbocycles. The number of carbonyl (C=O) groups is 1. The molecule has 1 amide bonds. The van der Waals surface area contributed by atoms with Crippen LogP contribution in [0.5, 0.6) is 0 Å². The number of aromatic nitrogens is 2. The summed E-state index contributed by atoms with van der Waals surface area (Å²) in [5, 5.41) is 3.95. The molecule has 1 aromatic heterocycles. The number of nitrogens with zero attached hydrogens (tertiary/aromatic N) is 3. The second kappa shape index (κ2) is 8.04. The number of hydrogen-bond acceptors (Lipinski definition) is 4. The molecule has 2 aromatic rings. The topological polar surface area (TPSA) is 58.1 Å². The molecule has 1 aliphatic rings. The van der Waals surface area contributed by atoms with Gasteiger partial charge in [-0.05, 0) is 49.8 Å². The number of halogens is 1. The number of amides is 1. The molecule has 6 heteroatoms. The highest BCUT2D eigenvalue weighted by molar-refractivity contribution is 6.33. The molecule has 3 rings (SSSR count). The van der Waals surface area contributed by atoms with Crippen LogP contribution in [0.3, 0.4) is 0 Å². The third kappa shape index (κ3) is 3.83. The van der Waals surface area contributed by atoms with Crippen LogP contribution in [0, 0.1) is 0 Å². The number of benzene rings is 1. The minimum absolute atomic E-state index is 0.00877. The Morgan fingerprint density at radius 2 is 2.15 bits per heavy atom. The summed E-state index contributed by atoms with van der Waals surface area (Å²) in [5.41, 5.74) is 4.21. The Hall–Kier alpha value is -2.14. The van der Waals surface area contributed by atoms with E-state index >= 15 is 0 Å². The van der Waals surface area contributed by atoms with Gasteiger partial charge in [0.05, 0.1) is 11.7 Å². The second-order valence-corrected chi connectivity index (χ2v) is 7.10. The molecule has 1 unspecified atom stereocenters. The maximum atomic E-state index is 12.1. The Labute approximate surface area is 159 Å². The number of fused-ring (bicyclic) bond motifs is 1. The Kier molecular flexibility index (Phi) is 5.77. The molecule has 1 N–H and O–H groups in total. The van der Waals surface area contributed by atoms with Crippen molar-refractivity contribution in [2.45, 2.75) is 52.5 Å². The van der Waals surface area contributed by atoms with E-state index in [4.69, 9.17) is 11.6 Å². The van der Waals surface area contributed by atoms with E-state index in [2.05, 4.69) is 40.4 Å². The molecular weight excluding hydrogens is 348 g/mol. The molecular formula is C20H25ClN4O. The first kappa shape index (κ1) is 18.6. The number of hydrogen-bond donors (Lipinski definition) is 1. The van der Waals surface area contributed by atoms with Gasteiger partial charge in [0.25, 0.3) is 0 Å². The largest absolute Gasteiger partial charge is 0.362 e. The molecule has 0 radical (unpaired) electrons. The number of rotatable bonds is 4. The molecule has 0 bridgehead atoms. The van der Waals surface area contributed by atoms with Gasteiger partial charge in [0.15, 0.2) is 0 Å². The number of nitrogens with one attached hydrogen (secondary N) is 1. The van der Waals surface area contributed by atoms with E-state index in [0.29, 0.717) is 10.8 Å². The summed E-state index contributed by atoms with van der Waals surface area (Å²) in [6, 6.07) is 6.39. The van der Waals surface area contributed by atoms with Crippen LogP contribution in [-0.2, 0) is 17.6 Å². The van der Waals surface area contributed by atoms with Crippen molar-refractivity contribution in [3.63, 3.8) is 0 Å². The van der Waals surface area contributed by atoms with Crippen molar-refractivity contribution in [1.82, 2.24) is 9.97 Å². The van der Waals surface area contributed by atoms with Gasteiger partial charge in [-0.15, -0.1) is 0 Å². The first-order valence-corrected chi connectivity index (χ1v) is 9.56. The minimum Gasteiger partial charge on any atom is -0.362 e. The summed E-state index contributed by atoms with van der Waals surface area (Å²) in [4.78, 5) is 22.5. The standard InChI is InChI=1S/C20H25ClN4O/c1-4-17-19(21)20(23-12-22-17)24-13(2)16-9-8-15-7-5-6-10-25(14(3)26)18(15)11-16/h8-9,11-13H,4-7,10H2,1-3H3,(H,22,23,24). The molecule has 0 fully saturated rings. The summed E-state index contributed by atoms with van der Waals surface area (Å²) in [6.45, 7) is 6.51. The normalized spacial score (nSPS) is 15.2. The van der Waals surface area contributed by atoms with Gasteiger partial charge in [0.1, 0.15) is 17.2 Å². The molecule has 2 heterocycles. The van der Waals surface area contributed by atoms with Crippen molar-refractivity contribution in [2.24, 2.45) is 0 Å². The van der Waals surface area contributed by atoms with Crippen molar-refractivity contribution >= 4 is 29.0 Å². The smallest absolute Gasteiger partial charge is 0.223 e. The summed E-state index contributed by atoms with van der Waals surface area (Å²) in [5.74, 6) is 0.738. The Morgan fingerprint density at radius 1 is 1.35 bits per heavy atom. The SMILES string of the molecule is CCc1ncnc(NC(C)c2ccc3c(c2)N(C(C)=O)CCCC3)c1Cl. The fraction of sp³-hybridized carbons (Fsp3) is 0.450. The molecule has 5 nitrogen and oxygen atoms in total. The van der Waals surface area contributed by atoms with Crippen molar-refractivity contribution in [2.75, 3.05) is 16.8 Å². The first-order valence-electron chi connectivity index (χ1n) is 9.18. The highest BCUT2D eigenvalue weighted by atomic mass is 35.5. The van der Waals surface area contributed by atoms with Crippen LogP contribution in [-0.4, -0.2) is 22.4 Å². The lowest BCUT2D eigenvalue weighted by atomic mass is 10.0. The molecule has 0 saturated heterocycles. The van der Waals surface area contributed by atoms with Crippen molar-refractivity contribution in [3.05, 3.63) is 46.4 Å². The third-order valence-electron chi connectivity index (χ3n) is 4.91. The molecule has 1 aromatic carbocycles. The van der Waals surface area contributed by atoms with E-state index in [-0.39, 0.29) is 11.9 Å². The van der Waals surface area contributed by atoms with Gasteiger partial charge in [-0.2, -0.15) is 0 Å². The Balaban J connectivity index is 1.89. The number of anilines is 2.